The molecule has 3 aliphatic heterocycles. The fourth-order valence-corrected chi connectivity index (χ4v) is 9.97. The summed E-state index contributed by atoms with van der Waals surface area (Å²) < 4.78 is 18.7. The number of hydrogen-bond donors (Lipinski definition) is 0. The molecule has 41 heavy (non-hydrogen) atoms. The van der Waals surface area contributed by atoms with Crippen LogP contribution in [0, 0.1) is 5.92 Å². The summed E-state index contributed by atoms with van der Waals surface area (Å²) in [5, 5.41) is 0. The first-order chi connectivity index (χ1) is 19.3. The molecule has 0 saturated carbocycles. The smallest absolute Gasteiger partial charge is 0.345 e. The van der Waals surface area contributed by atoms with E-state index in [9.17, 15) is 24.0 Å². The minimum atomic E-state index is -1.59. The van der Waals surface area contributed by atoms with Crippen LogP contribution in [0.2, 0.25) is 0 Å². The van der Waals surface area contributed by atoms with Gasteiger partial charge in [0.05, 0.1) is 45.2 Å². The van der Waals surface area contributed by atoms with Crippen LogP contribution in [0.15, 0.2) is 49.5 Å². The zero-order valence-electron chi connectivity index (χ0n) is 23.7. The number of thioether (sulfide) groups is 3. The van der Waals surface area contributed by atoms with Gasteiger partial charge in [0.2, 0.25) is 5.91 Å². The number of esters is 4. The van der Waals surface area contributed by atoms with Gasteiger partial charge in [0.1, 0.15) is 18.8 Å². The Morgan fingerprint density at radius 2 is 1.24 bits per heavy atom. The Hall–Kier alpha value is -3.16. The predicted octanol–water partition coefficient (Wildman–Crippen LogP) is 4.26. The van der Waals surface area contributed by atoms with E-state index in [0.717, 1.165) is 35.3 Å². The van der Waals surface area contributed by atoms with Gasteiger partial charge < -0.3 is 23.8 Å². The van der Waals surface area contributed by atoms with Crippen molar-refractivity contribution in [3.05, 3.63) is 55.0 Å². The van der Waals surface area contributed by atoms with Crippen molar-refractivity contribution in [1.29, 1.82) is 0 Å². The first-order valence-electron chi connectivity index (χ1n) is 12.4. The van der Waals surface area contributed by atoms with Gasteiger partial charge in [0.25, 0.3) is 0 Å². The van der Waals surface area contributed by atoms with E-state index in [2.05, 4.69) is 0 Å². The van der Waals surface area contributed by atoms with Crippen LogP contribution in [-0.2, 0) is 42.9 Å². The maximum absolute atomic E-state index is 13.7. The number of nitrogens with zero attached hydrogens (tertiary/aromatic N) is 1. The molecule has 0 unspecified atom stereocenters. The summed E-state index contributed by atoms with van der Waals surface area (Å²) in [5.74, 6) is -3.81. The number of ether oxygens (including phenoxy) is 4. The lowest BCUT2D eigenvalue weighted by molar-refractivity contribution is -0.138. The lowest BCUT2D eigenvalue weighted by Gasteiger charge is -2.51. The van der Waals surface area contributed by atoms with Crippen LogP contribution < -0.4 is 4.90 Å². The van der Waals surface area contributed by atoms with Crippen LogP contribution in [0.4, 0.5) is 5.69 Å². The molecule has 10 nitrogen and oxygen atoms in total. The first-order valence-corrected chi connectivity index (χ1v) is 14.8. The lowest BCUT2D eigenvalue weighted by Crippen LogP contribution is -2.54. The molecule has 1 aromatic rings. The van der Waals surface area contributed by atoms with Crippen molar-refractivity contribution in [2.45, 2.75) is 37.3 Å². The van der Waals surface area contributed by atoms with Gasteiger partial charge in [0, 0.05) is 22.0 Å². The molecule has 0 bridgehead atoms. The molecule has 4 rings (SSSR count). The molecule has 0 saturated heterocycles. The van der Waals surface area contributed by atoms with Gasteiger partial charge in [-0.3, -0.25) is 4.79 Å². The number of carbonyl (C=O) groups excluding carboxylic acids is 5. The maximum Gasteiger partial charge on any atom is 0.345 e. The minimum Gasteiger partial charge on any atom is -0.466 e. The molecule has 3 heterocycles. The van der Waals surface area contributed by atoms with Crippen LogP contribution >= 0.6 is 35.3 Å². The van der Waals surface area contributed by atoms with E-state index in [1.165, 1.54) is 28.4 Å². The molecule has 0 aromatic heterocycles. The van der Waals surface area contributed by atoms with Gasteiger partial charge in [0.15, 0.2) is 0 Å². The third-order valence-electron chi connectivity index (χ3n) is 6.76. The van der Waals surface area contributed by atoms with E-state index in [0.29, 0.717) is 21.7 Å². The van der Waals surface area contributed by atoms with E-state index in [1.807, 2.05) is 13.8 Å². The van der Waals surface area contributed by atoms with Gasteiger partial charge in [-0.2, -0.15) is 0 Å². The van der Waals surface area contributed by atoms with E-state index in [4.69, 9.17) is 18.9 Å². The third kappa shape index (κ3) is 4.67. The minimum absolute atomic E-state index is 0.0853. The van der Waals surface area contributed by atoms with E-state index in [1.54, 1.807) is 43.0 Å². The maximum atomic E-state index is 13.7. The number of amides is 1. The molecule has 13 heteroatoms. The van der Waals surface area contributed by atoms with Gasteiger partial charge in [-0.25, -0.2) is 19.2 Å². The van der Waals surface area contributed by atoms with E-state index < -0.39 is 33.5 Å². The molecule has 0 radical (unpaired) electrons. The van der Waals surface area contributed by atoms with Crippen molar-refractivity contribution in [3.8, 4) is 0 Å². The molecular formula is C28H29NO9S3. The fourth-order valence-electron chi connectivity index (χ4n) is 4.92. The fraction of sp³-hybridized carbons (Fsp3) is 0.393. The Kier molecular flexibility index (Phi) is 8.45. The molecule has 1 spiro atoms. The molecule has 0 aliphatic carbocycles. The highest BCUT2D eigenvalue weighted by Gasteiger charge is 2.61. The average molecular weight is 620 g/mol. The second kappa shape index (κ2) is 11.3. The largest absolute Gasteiger partial charge is 0.466 e. The SMILES string of the molecule is COC(=O)C1=C(C(=O)OC)SC2(S1)C(C(=O)OC)=C(C(=O)OC)SC1=C2c2ccccc2N(C(=O)C(C)C)C1(C)C. The van der Waals surface area contributed by atoms with Crippen LogP contribution in [0.1, 0.15) is 33.3 Å². The van der Waals surface area contributed by atoms with Crippen molar-refractivity contribution in [2.24, 2.45) is 5.92 Å². The molecular weight excluding hydrogens is 591 g/mol. The average Bonchev–Trinajstić information content (AvgIpc) is 3.35. The Bertz CT molecular complexity index is 1440. The Morgan fingerprint density at radius 3 is 1.73 bits per heavy atom. The summed E-state index contributed by atoms with van der Waals surface area (Å²) in [6.45, 7) is 7.29. The summed E-state index contributed by atoms with van der Waals surface area (Å²) in [6, 6.07) is 7.19. The quantitative estimate of drug-likeness (QED) is 0.345. The third-order valence-corrected chi connectivity index (χ3v) is 11.4. The highest BCUT2D eigenvalue weighted by molar-refractivity contribution is 8.26. The predicted molar refractivity (Wildman–Crippen MR) is 157 cm³/mol. The summed E-state index contributed by atoms with van der Waals surface area (Å²) in [7, 11) is 4.71. The number of methoxy groups -OCH3 is 4. The summed E-state index contributed by atoms with van der Waals surface area (Å²) in [5.41, 5.74) is 0.556. The van der Waals surface area contributed by atoms with Crippen LogP contribution in [0.3, 0.4) is 0 Å². The zero-order valence-corrected chi connectivity index (χ0v) is 26.2. The Labute approximate surface area is 250 Å². The number of para-hydroxylation sites is 1. The zero-order chi connectivity index (χ0) is 30.4. The van der Waals surface area contributed by atoms with Crippen molar-refractivity contribution < 1.29 is 42.9 Å². The molecule has 0 N–H and O–H groups in total. The highest BCUT2D eigenvalue weighted by Crippen LogP contribution is 2.71. The number of carbonyl (C=O) groups is 5. The van der Waals surface area contributed by atoms with Crippen molar-refractivity contribution in [2.75, 3.05) is 33.3 Å². The lowest BCUT2D eigenvalue weighted by atomic mass is 9.83. The summed E-state index contributed by atoms with van der Waals surface area (Å²) in [6.07, 6.45) is 0. The Morgan fingerprint density at radius 1 is 0.756 bits per heavy atom. The molecule has 0 fully saturated rings. The normalized spacial score (nSPS) is 18.7. The van der Waals surface area contributed by atoms with Crippen molar-refractivity contribution in [3.63, 3.8) is 0 Å². The van der Waals surface area contributed by atoms with Crippen molar-refractivity contribution in [1.82, 2.24) is 0 Å². The standard InChI is InChI=1S/C28H29NO9S3/c1-13(2)22(30)29-15-12-10-9-11-14(15)16-21(27(29,3)4)39-18(24(32)36-6)17(23(31)35-5)28(16)40-19(25(33)37-7)20(41-28)26(34)38-8/h9-13H,1-8H3. The number of rotatable bonds is 5. The number of hydrogen-bond acceptors (Lipinski definition) is 12. The number of anilines is 1. The first kappa shape index (κ1) is 30.8. The van der Waals surface area contributed by atoms with Gasteiger partial charge >= 0.3 is 23.9 Å². The van der Waals surface area contributed by atoms with Crippen LogP contribution in [0.25, 0.3) is 5.57 Å². The monoisotopic (exact) mass is 619 g/mol. The molecule has 1 aromatic carbocycles. The van der Waals surface area contributed by atoms with Gasteiger partial charge in [-0.15, -0.1) is 0 Å². The molecule has 218 valence electrons. The molecule has 1 amide bonds. The highest BCUT2D eigenvalue weighted by atomic mass is 32.2. The Balaban J connectivity index is 2.16. The van der Waals surface area contributed by atoms with Crippen LogP contribution in [0.5, 0.6) is 0 Å². The van der Waals surface area contributed by atoms with Gasteiger partial charge in [-0.05, 0) is 19.9 Å². The topological polar surface area (TPSA) is 126 Å². The van der Waals surface area contributed by atoms with E-state index >= 15 is 0 Å². The van der Waals surface area contributed by atoms with E-state index in [-0.39, 0.29) is 32.1 Å². The second-order valence-electron chi connectivity index (χ2n) is 9.86. The summed E-state index contributed by atoms with van der Waals surface area (Å²) >= 11 is 2.80. The van der Waals surface area contributed by atoms with Crippen molar-refractivity contribution >= 4 is 76.3 Å². The number of benzene rings is 1. The molecule has 3 aliphatic rings. The summed E-state index contributed by atoms with van der Waals surface area (Å²) in [4.78, 5) is 68.6. The van der Waals surface area contributed by atoms with Gasteiger partial charge in [-0.1, -0.05) is 67.3 Å². The van der Waals surface area contributed by atoms with Crippen LogP contribution in [-0.4, -0.2) is 67.8 Å². The second-order valence-corrected chi connectivity index (χ2v) is 13.6. The molecule has 0 atom stereocenters. The number of fused-ring (bicyclic) bond motifs is 3.